The molecule has 1 aromatic rings. The first-order chi connectivity index (χ1) is 8.88. The lowest BCUT2D eigenvalue weighted by atomic mass is 10.3. The maximum Gasteiger partial charge on any atom is 0.236 e. The summed E-state index contributed by atoms with van der Waals surface area (Å²) in [5.41, 5.74) is 0.557. The number of rotatable bonds is 6. The van der Waals surface area contributed by atoms with Crippen LogP contribution in [0.5, 0.6) is 0 Å². The minimum absolute atomic E-state index is 0.469. The zero-order valence-corrected chi connectivity index (χ0v) is 14.5. The van der Waals surface area contributed by atoms with Gasteiger partial charge in [0, 0.05) is 21.5 Å². The van der Waals surface area contributed by atoms with Crippen LogP contribution in [-0.4, -0.2) is 26.3 Å². The molecule has 1 saturated carbocycles. The van der Waals surface area contributed by atoms with E-state index in [1.54, 1.807) is 19.1 Å². The van der Waals surface area contributed by atoms with Crippen molar-refractivity contribution in [2.24, 2.45) is 0 Å². The van der Waals surface area contributed by atoms with Crippen molar-refractivity contribution in [1.82, 2.24) is 5.32 Å². The second kappa shape index (κ2) is 6.11. The van der Waals surface area contributed by atoms with Crippen LogP contribution in [0.15, 0.2) is 27.1 Å². The number of anilines is 1. The van der Waals surface area contributed by atoms with Crippen LogP contribution in [0.4, 0.5) is 5.69 Å². The third-order valence-corrected chi connectivity index (χ3v) is 5.86. The van der Waals surface area contributed by atoms with Gasteiger partial charge < -0.3 is 5.32 Å². The molecular formula is C12H16Br2N2O2S. The van der Waals surface area contributed by atoms with E-state index in [0.717, 1.165) is 17.3 Å². The molecular weight excluding hydrogens is 396 g/mol. The van der Waals surface area contributed by atoms with E-state index in [2.05, 4.69) is 41.9 Å². The van der Waals surface area contributed by atoms with Crippen molar-refractivity contribution in [3.8, 4) is 0 Å². The van der Waals surface area contributed by atoms with E-state index in [1.807, 2.05) is 6.07 Å². The molecule has 0 heterocycles. The lowest BCUT2D eigenvalue weighted by Gasteiger charge is -2.16. The van der Waals surface area contributed by atoms with Crippen molar-refractivity contribution in [3.05, 3.63) is 27.1 Å². The summed E-state index contributed by atoms with van der Waals surface area (Å²) in [6.07, 6.45) is 2.30. The topological polar surface area (TPSA) is 58.2 Å². The summed E-state index contributed by atoms with van der Waals surface area (Å²) in [5.74, 6) is 0. The van der Waals surface area contributed by atoms with E-state index >= 15 is 0 Å². The fourth-order valence-electron chi connectivity index (χ4n) is 1.56. The average molecular weight is 412 g/mol. The summed E-state index contributed by atoms with van der Waals surface area (Å²) < 4.78 is 28.6. The van der Waals surface area contributed by atoms with E-state index in [9.17, 15) is 8.42 Å². The van der Waals surface area contributed by atoms with Crippen LogP contribution in [0, 0.1) is 0 Å². The van der Waals surface area contributed by atoms with E-state index in [4.69, 9.17) is 0 Å². The monoisotopic (exact) mass is 410 g/mol. The smallest absolute Gasteiger partial charge is 0.236 e. The standard InChI is InChI=1S/C12H16Br2N2O2S/c1-8(7-15-10-3-4-10)19(17,18)16-12-5-2-9(13)6-11(12)14/h2,5-6,8,10,15-16H,3-4,7H2,1H3. The van der Waals surface area contributed by atoms with Gasteiger partial charge in [-0.3, -0.25) is 4.72 Å². The molecule has 0 aromatic heterocycles. The van der Waals surface area contributed by atoms with Crippen molar-refractivity contribution < 1.29 is 8.42 Å². The van der Waals surface area contributed by atoms with Gasteiger partial charge in [-0.1, -0.05) is 15.9 Å². The molecule has 1 unspecified atom stereocenters. The molecule has 1 aromatic carbocycles. The van der Waals surface area contributed by atoms with Gasteiger partial charge >= 0.3 is 0 Å². The third kappa shape index (κ3) is 4.44. The van der Waals surface area contributed by atoms with E-state index in [1.165, 1.54) is 0 Å². The van der Waals surface area contributed by atoms with Crippen LogP contribution in [-0.2, 0) is 10.0 Å². The van der Waals surface area contributed by atoms with Gasteiger partial charge in [-0.15, -0.1) is 0 Å². The van der Waals surface area contributed by atoms with Gasteiger partial charge in [0.05, 0.1) is 10.9 Å². The minimum atomic E-state index is -3.37. The molecule has 106 valence electrons. The average Bonchev–Trinajstić information content (AvgIpc) is 3.13. The maximum atomic E-state index is 12.2. The predicted molar refractivity (Wildman–Crippen MR) is 84.9 cm³/mol. The van der Waals surface area contributed by atoms with Crippen LogP contribution < -0.4 is 10.0 Å². The fraction of sp³-hybridized carbons (Fsp3) is 0.500. The largest absolute Gasteiger partial charge is 0.313 e. The molecule has 2 N–H and O–H groups in total. The quantitative estimate of drug-likeness (QED) is 0.756. The van der Waals surface area contributed by atoms with Crippen LogP contribution in [0.1, 0.15) is 19.8 Å². The number of benzene rings is 1. The highest BCUT2D eigenvalue weighted by Gasteiger charge is 2.26. The second-order valence-corrected chi connectivity index (χ2v) is 8.63. The summed E-state index contributed by atoms with van der Waals surface area (Å²) in [7, 11) is -3.37. The Hall–Kier alpha value is -0.110. The lowest BCUT2D eigenvalue weighted by molar-refractivity contribution is 0.576. The maximum absolute atomic E-state index is 12.2. The molecule has 1 aliphatic carbocycles. The van der Waals surface area contributed by atoms with Gasteiger partial charge in [-0.25, -0.2) is 8.42 Å². The number of nitrogens with one attached hydrogen (secondary N) is 2. The van der Waals surface area contributed by atoms with E-state index in [-0.39, 0.29) is 0 Å². The van der Waals surface area contributed by atoms with Crippen molar-refractivity contribution in [2.75, 3.05) is 11.3 Å². The molecule has 0 saturated heterocycles. The normalized spacial score (nSPS) is 17.2. The first kappa shape index (κ1) is 15.3. The Kier molecular flexibility index (Phi) is 4.92. The Labute approximate surface area is 130 Å². The van der Waals surface area contributed by atoms with Gasteiger partial charge in [-0.05, 0) is 53.9 Å². The number of sulfonamides is 1. The van der Waals surface area contributed by atoms with Gasteiger partial charge in [0.2, 0.25) is 10.0 Å². The Balaban J connectivity index is 2.02. The molecule has 0 spiro atoms. The summed E-state index contributed by atoms with van der Waals surface area (Å²) >= 11 is 6.68. The summed E-state index contributed by atoms with van der Waals surface area (Å²) in [4.78, 5) is 0. The molecule has 7 heteroatoms. The highest BCUT2D eigenvalue weighted by molar-refractivity contribution is 9.11. The second-order valence-electron chi connectivity index (χ2n) is 4.76. The Morgan fingerprint density at radius 3 is 2.63 bits per heavy atom. The van der Waals surface area contributed by atoms with Crippen LogP contribution in [0.25, 0.3) is 0 Å². The zero-order valence-electron chi connectivity index (χ0n) is 10.5. The Bertz CT molecular complexity index is 559. The number of hydrogen-bond acceptors (Lipinski definition) is 3. The Morgan fingerprint density at radius 2 is 2.05 bits per heavy atom. The van der Waals surface area contributed by atoms with Crippen molar-refractivity contribution >= 4 is 47.6 Å². The van der Waals surface area contributed by atoms with Crippen LogP contribution in [0.3, 0.4) is 0 Å². The lowest BCUT2D eigenvalue weighted by Crippen LogP contribution is -2.35. The van der Waals surface area contributed by atoms with Crippen molar-refractivity contribution in [3.63, 3.8) is 0 Å². The van der Waals surface area contributed by atoms with E-state index < -0.39 is 15.3 Å². The minimum Gasteiger partial charge on any atom is -0.313 e. The first-order valence-electron chi connectivity index (χ1n) is 6.08. The van der Waals surface area contributed by atoms with Gasteiger partial charge in [0.1, 0.15) is 0 Å². The molecule has 1 aliphatic rings. The van der Waals surface area contributed by atoms with Crippen molar-refractivity contribution in [1.29, 1.82) is 0 Å². The summed E-state index contributed by atoms with van der Waals surface area (Å²) in [6.45, 7) is 2.19. The molecule has 0 amide bonds. The highest BCUT2D eigenvalue weighted by atomic mass is 79.9. The summed E-state index contributed by atoms with van der Waals surface area (Å²) in [6, 6.07) is 5.85. The van der Waals surface area contributed by atoms with Crippen LogP contribution >= 0.6 is 31.9 Å². The molecule has 19 heavy (non-hydrogen) atoms. The van der Waals surface area contributed by atoms with Gasteiger partial charge in [0.25, 0.3) is 0 Å². The molecule has 4 nitrogen and oxygen atoms in total. The van der Waals surface area contributed by atoms with Crippen molar-refractivity contribution in [2.45, 2.75) is 31.1 Å². The zero-order chi connectivity index (χ0) is 14.0. The van der Waals surface area contributed by atoms with E-state index in [0.29, 0.717) is 22.7 Å². The fourth-order valence-corrected chi connectivity index (χ4v) is 3.83. The third-order valence-electron chi connectivity index (χ3n) is 2.98. The molecule has 0 radical (unpaired) electrons. The highest BCUT2D eigenvalue weighted by Crippen LogP contribution is 2.27. The SMILES string of the molecule is CC(CNC1CC1)S(=O)(=O)Nc1ccc(Br)cc1Br. The van der Waals surface area contributed by atoms with Gasteiger partial charge in [-0.2, -0.15) is 0 Å². The van der Waals surface area contributed by atoms with Gasteiger partial charge in [0.15, 0.2) is 0 Å². The predicted octanol–water partition coefficient (Wildman–Crippen LogP) is 3.09. The molecule has 1 atom stereocenters. The molecule has 0 aliphatic heterocycles. The molecule has 1 fully saturated rings. The molecule has 2 rings (SSSR count). The molecule has 0 bridgehead atoms. The number of halogens is 2. The van der Waals surface area contributed by atoms with Crippen LogP contribution in [0.2, 0.25) is 0 Å². The first-order valence-corrected chi connectivity index (χ1v) is 9.22. The Morgan fingerprint density at radius 1 is 1.37 bits per heavy atom. The number of hydrogen-bond donors (Lipinski definition) is 2. The summed E-state index contributed by atoms with van der Waals surface area (Å²) in [5, 5.41) is 2.76.